The van der Waals surface area contributed by atoms with Gasteiger partial charge in [-0.15, -0.1) is 0 Å². The van der Waals surface area contributed by atoms with Crippen molar-refractivity contribution in [3.8, 4) is 0 Å². The molecule has 1 amide bonds. The molecule has 3 rings (SSSR count). The number of carbonyl (C=O) groups excluding carboxylic acids is 3. The number of fused-ring (bicyclic) bond motifs is 1. The smallest absolute Gasteiger partial charge is 0.331 e. The lowest BCUT2D eigenvalue weighted by Crippen LogP contribution is -2.44. The lowest BCUT2D eigenvalue weighted by molar-refractivity contribution is -0.155. The monoisotopic (exact) mass is 561 g/mol. The molecule has 0 aliphatic rings. The molecule has 10 heteroatoms. The molecule has 2 N–H and O–H groups in total. The molecule has 2 aromatic carbocycles. The van der Waals surface area contributed by atoms with E-state index in [1.54, 1.807) is 45.0 Å². The molecule has 186 valence electrons. The number of nitrogens with one attached hydrogen (secondary N) is 2. The van der Waals surface area contributed by atoms with Crippen molar-refractivity contribution in [3.63, 3.8) is 0 Å². The van der Waals surface area contributed by atoms with Gasteiger partial charge in [-0.05, 0) is 63.1 Å². The first-order chi connectivity index (χ1) is 16.5. The standard InChI is InChI=1S/C25H28BrN3O5S/c1-25(2,3)34-23(32)19(29-24-28-18-11-10-17(26)13-20(18)35-24)14-27-22(31)16-8-5-15(6-9-16)7-12-21(30)33-4/h5-6,8-11,13,19H,7,12,14H2,1-4H3,(H,27,31)(H,28,29)/t19-/m0/s1. The third-order valence-electron chi connectivity index (χ3n) is 4.87. The summed E-state index contributed by atoms with van der Waals surface area (Å²) < 4.78 is 12.1. The van der Waals surface area contributed by atoms with E-state index < -0.39 is 17.6 Å². The van der Waals surface area contributed by atoms with Gasteiger partial charge in [-0.25, -0.2) is 9.78 Å². The maximum Gasteiger partial charge on any atom is 0.331 e. The van der Waals surface area contributed by atoms with Crippen LogP contribution in [0.5, 0.6) is 0 Å². The van der Waals surface area contributed by atoms with E-state index in [0.717, 1.165) is 20.3 Å². The van der Waals surface area contributed by atoms with E-state index in [-0.39, 0.29) is 24.8 Å². The van der Waals surface area contributed by atoms with Crippen LogP contribution >= 0.6 is 27.3 Å². The van der Waals surface area contributed by atoms with Crippen LogP contribution in [-0.2, 0) is 25.5 Å². The summed E-state index contributed by atoms with van der Waals surface area (Å²) >= 11 is 4.86. The van der Waals surface area contributed by atoms with Gasteiger partial charge in [-0.2, -0.15) is 0 Å². The summed E-state index contributed by atoms with van der Waals surface area (Å²) in [5.41, 5.74) is 1.49. The molecule has 3 aromatic rings. The fourth-order valence-corrected chi connectivity index (χ4v) is 4.61. The van der Waals surface area contributed by atoms with E-state index >= 15 is 0 Å². The number of benzene rings is 2. The van der Waals surface area contributed by atoms with Crippen molar-refractivity contribution in [3.05, 3.63) is 58.1 Å². The van der Waals surface area contributed by atoms with Gasteiger partial charge in [0.1, 0.15) is 11.6 Å². The van der Waals surface area contributed by atoms with E-state index in [2.05, 4.69) is 36.3 Å². The number of rotatable bonds is 9. The number of halogens is 1. The maximum absolute atomic E-state index is 12.9. The minimum Gasteiger partial charge on any atom is -0.469 e. The molecule has 0 saturated carbocycles. The van der Waals surface area contributed by atoms with Gasteiger partial charge < -0.3 is 20.1 Å². The molecule has 35 heavy (non-hydrogen) atoms. The topological polar surface area (TPSA) is 107 Å². The summed E-state index contributed by atoms with van der Waals surface area (Å²) in [6.45, 7) is 5.38. The van der Waals surface area contributed by atoms with Crippen LogP contribution in [0, 0.1) is 0 Å². The number of esters is 2. The minimum atomic E-state index is -0.832. The van der Waals surface area contributed by atoms with E-state index in [0.29, 0.717) is 17.1 Å². The molecule has 0 aliphatic heterocycles. The van der Waals surface area contributed by atoms with Crippen LogP contribution in [-0.4, -0.2) is 48.1 Å². The van der Waals surface area contributed by atoms with E-state index in [4.69, 9.17) is 4.74 Å². The van der Waals surface area contributed by atoms with Gasteiger partial charge in [-0.3, -0.25) is 9.59 Å². The largest absolute Gasteiger partial charge is 0.469 e. The first kappa shape index (κ1) is 26.6. The third-order valence-corrected chi connectivity index (χ3v) is 6.31. The summed E-state index contributed by atoms with van der Waals surface area (Å²) in [6, 6.07) is 11.9. The number of anilines is 1. The Balaban J connectivity index is 1.68. The molecule has 0 aliphatic carbocycles. The molecule has 1 atom stereocenters. The molecule has 1 aromatic heterocycles. The Labute approximate surface area is 216 Å². The molecule has 0 saturated heterocycles. The van der Waals surface area contributed by atoms with Crippen LogP contribution in [0.25, 0.3) is 10.2 Å². The van der Waals surface area contributed by atoms with Crippen LogP contribution in [0.4, 0.5) is 5.13 Å². The second-order valence-electron chi connectivity index (χ2n) is 8.84. The molecular weight excluding hydrogens is 534 g/mol. The number of thiazole rings is 1. The second kappa shape index (κ2) is 11.6. The lowest BCUT2D eigenvalue weighted by atomic mass is 10.1. The Bertz CT molecular complexity index is 1200. The highest BCUT2D eigenvalue weighted by Crippen LogP contribution is 2.29. The zero-order chi connectivity index (χ0) is 25.6. The van der Waals surface area contributed by atoms with Crippen molar-refractivity contribution in [2.45, 2.75) is 45.3 Å². The Morgan fingerprint density at radius 1 is 1.11 bits per heavy atom. The molecular formula is C25H28BrN3O5S. The molecule has 0 bridgehead atoms. The van der Waals surface area contributed by atoms with Crippen LogP contribution in [0.1, 0.15) is 43.1 Å². The Kier molecular flexibility index (Phi) is 8.85. The zero-order valence-corrected chi connectivity index (χ0v) is 22.4. The normalized spacial score (nSPS) is 12.1. The van der Waals surface area contributed by atoms with Gasteiger partial charge in [0.05, 0.1) is 17.3 Å². The van der Waals surface area contributed by atoms with Gasteiger partial charge in [0.25, 0.3) is 5.91 Å². The first-order valence-corrected chi connectivity index (χ1v) is 12.6. The van der Waals surface area contributed by atoms with Gasteiger partial charge in [-0.1, -0.05) is 39.4 Å². The first-order valence-electron chi connectivity index (χ1n) is 11.0. The van der Waals surface area contributed by atoms with E-state index in [9.17, 15) is 14.4 Å². The number of ether oxygens (including phenoxy) is 2. The van der Waals surface area contributed by atoms with Crippen LogP contribution in [0.15, 0.2) is 46.9 Å². The van der Waals surface area contributed by atoms with Gasteiger partial charge in [0, 0.05) is 23.0 Å². The van der Waals surface area contributed by atoms with E-state index in [1.165, 1.54) is 18.4 Å². The summed E-state index contributed by atoms with van der Waals surface area (Å²) in [6.07, 6.45) is 0.798. The highest BCUT2D eigenvalue weighted by molar-refractivity contribution is 9.10. The number of aromatic nitrogens is 1. The van der Waals surface area contributed by atoms with Crippen LogP contribution in [0.2, 0.25) is 0 Å². The number of amides is 1. The maximum atomic E-state index is 12.9. The molecule has 0 unspecified atom stereocenters. The third kappa shape index (κ3) is 8.03. The number of hydrogen-bond donors (Lipinski definition) is 2. The highest BCUT2D eigenvalue weighted by Gasteiger charge is 2.27. The number of hydrogen-bond acceptors (Lipinski definition) is 8. The second-order valence-corrected chi connectivity index (χ2v) is 10.8. The molecule has 0 radical (unpaired) electrons. The molecule has 1 heterocycles. The van der Waals surface area contributed by atoms with E-state index in [1.807, 2.05) is 18.2 Å². The Hall–Kier alpha value is -2.98. The van der Waals surface area contributed by atoms with Crippen molar-refractivity contribution in [2.24, 2.45) is 0 Å². The molecule has 8 nitrogen and oxygen atoms in total. The highest BCUT2D eigenvalue weighted by atomic mass is 79.9. The van der Waals surface area contributed by atoms with Gasteiger partial charge in [0.15, 0.2) is 5.13 Å². The number of methoxy groups -OCH3 is 1. The van der Waals surface area contributed by atoms with Crippen molar-refractivity contribution in [1.82, 2.24) is 10.3 Å². The van der Waals surface area contributed by atoms with Gasteiger partial charge >= 0.3 is 11.9 Å². The lowest BCUT2D eigenvalue weighted by Gasteiger charge is -2.24. The summed E-state index contributed by atoms with van der Waals surface area (Å²) in [4.78, 5) is 41.5. The molecule has 0 spiro atoms. The van der Waals surface area contributed by atoms with Crippen molar-refractivity contribution in [1.29, 1.82) is 0 Å². The minimum absolute atomic E-state index is 0.0114. The molecule has 0 fully saturated rings. The van der Waals surface area contributed by atoms with Crippen molar-refractivity contribution >= 4 is 60.5 Å². The van der Waals surface area contributed by atoms with Crippen molar-refractivity contribution < 1.29 is 23.9 Å². The Morgan fingerprint density at radius 2 is 1.83 bits per heavy atom. The fraction of sp³-hybridized carbons (Fsp3) is 0.360. The Morgan fingerprint density at radius 3 is 2.49 bits per heavy atom. The zero-order valence-electron chi connectivity index (χ0n) is 20.0. The van der Waals surface area contributed by atoms with Crippen LogP contribution in [0.3, 0.4) is 0 Å². The average molecular weight is 562 g/mol. The summed E-state index contributed by atoms with van der Waals surface area (Å²) in [7, 11) is 1.35. The van der Waals surface area contributed by atoms with Gasteiger partial charge in [0.2, 0.25) is 0 Å². The predicted molar refractivity (Wildman–Crippen MR) is 140 cm³/mol. The number of nitrogens with zero attached hydrogens (tertiary/aromatic N) is 1. The van der Waals surface area contributed by atoms with Crippen molar-refractivity contribution in [2.75, 3.05) is 19.0 Å². The summed E-state index contributed by atoms with van der Waals surface area (Å²) in [5.74, 6) is -1.10. The average Bonchev–Trinajstić information content (AvgIpc) is 3.20. The van der Waals surface area contributed by atoms with Crippen LogP contribution < -0.4 is 10.6 Å². The predicted octanol–water partition coefficient (Wildman–Crippen LogP) is 4.72. The quantitative estimate of drug-likeness (QED) is 0.364. The summed E-state index contributed by atoms with van der Waals surface area (Å²) in [5, 5.41) is 6.47. The SMILES string of the molecule is COC(=O)CCc1ccc(C(=O)NC[C@H](Nc2nc3ccc(Br)cc3s2)C(=O)OC(C)(C)C)cc1. The number of aryl methyl sites for hydroxylation is 1. The number of carbonyl (C=O) groups is 3. The fourth-order valence-electron chi connectivity index (χ4n) is 3.14.